The molecule has 0 radical (unpaired) electrons. The van der Waals surface area contributed by atoms with Crippen LogP contribution in [-0.2, 0) is 11.3 Å². The molecule has 28 heavy (non-hydrogen) atoms. The highest BCUT2D eigenvalue weighted by Gasteiger charge is 2.16. The number of hydrogen-bond donors (Lipinski definition) is 0. The molecule has 1 aliphatic heterocycles. The predicted molar refractivity (Wildman–Crippen MR) is 112 cm³/mol. The van der Waals surface area contributed by atoms with E-state index in [9.17, 15) is 4.79 Å². The Kier molecular flexibility index (Phi) is 5.86. The summed E-state index contributed by atoms with van der Waals surface area (Å²) in [4.78, 5) is 15.5. The monoisotopic (exact) mass is 395 g/mol. The van der Waals surface area contributed by atoms with Crippen molar-refractivity contribution in [2.45, 2.75) is 6.54 Å². The van der Waals surface area contributed by atoms with Crippen LogP contribution in [0.15, 0.2) is 65.5 Å². The molecule has 0 amide bonds. The van der Waals surface area contributed by atoms with Gasteiger partial charge >= 0.3 is 0 Å². The van der Waals surface area contributed by atoms with Gasteiger partial charge < -0.3 is 4.74 Å². The second-order valence-electron chi connectivity index (χ2n) is 6.77. The highest BCUT2D eigenvalue weighted by Crippen LogP contribution is 2.27. The first kappa shape index (κ1) is 18.9. The number of ether oxygens (including phenoxy) is 1. The van der Waals surface area contributed by atoms with E-state index in [0.29, 0.717) is 17.1 Å². The van der Waals surface area contributed by atoms with Gasteiger partial charge in [0.15, 0.2) is 0 Å². The number of rotatable bonds is 5. The first-order valence-corrected chi connectivity index (χ1v) is 9.83. The van der Waals surface area contributed by atoms with Gasteiger partial charge in [-0.2, -0.15) is 5.10 Å². The maximum atomic E-state index is 13.2. The maximum absolute atomic E-state index is 13.2. The van der Waals surface area contributed by atoms with E-state index in [4.69, 9.17) is 16.3 Å². The lowest BCUT2D eigenvalue weighted by Gasteiger charge is -2.26. The zero-order valence-electron chi connectivity index (χ0n) is 15.6. The zero-order chi connectivity index (χ0) is 19.3. The zero-order valence-corrected chi connectivity index (χ0v) is 16.3. The average Bonchev–Trinajstić information content (AvgIpc) is 2.75. The van der Waals surface area contributed by atoms with Gasteiger partial charge in [0, 0.05) is 35.8 Å². The van der Waals surface area contributed by atoms with Crippen LogP contribution in [0.2, 0.25) is 5.02 Å². The molecule has 0 atom stereocenters. The lowest BCUT2D eigenvalue weighted by atomic mass is 10.0. The minimum absolute atomic E-state index is 0.124. The standard InChI is InChI=1S/C22H22ClN3O2/c23-20-9-5-4-8-18(20)19-16-21(17-6-2-1-3-7-17)24-26(22(19)27)11-10-25-12-14-28-15-13-25/h1-9,16H,10-15H2. The van der Waals surface area contributed by atoms with E-state index < -0.39 is 0 Å². The van der Waals surface area contributed by atoms with Crippen LogP contribution in [0.4, 0.5) is 0 Å². The maximum Gasteiger partial charge on any atom is 0.274 e. The second kappa shape index (κ2) is 8.69. The summed E-state index contributed by atoms with van der Waals surface area (Å²) >= 11 is 6.39. The summed E-state index contributed by atoms with van der Waals surface area (Å²) in [6.07, 6.45) is 0. The highest BCUT2D eigenvalue weighted by atomic mass is 35.5. The Morgan fingerprint density at radius 1 is 0.929 bits per heavy atom. The summed E-state index contributed by atoms with van der Waals surface area (Å²) in [5.74, 6) is 0. The molecule has 2 aromatic carbocycles. The van der Waals surface area contributed by atoms with Gasteiger partial charge in [0.2, 0.25) is 0 Å². The van der Waals surface area contributed by atoms with E-state index in [1.807, 2.05) is 54.6 Å². The van der Waals surface area contributed by atoms with Gasteiger partial charge in [0.05, 0.1) is 31.0 Å². The fourth-order valence-corrected chi connectivity index (χ4v) is 3.61. The number of hydrogen-bond acceptors (Lipinski definition) is 4. The van der Waals surface area contributed by atoms with Crippen molar-refractivity contribution in [1.82, 2.24) is 14.7 Å². The van der Waals surface area contributed by atoms with E-state index in [-0.39, 0.29) is 5.56 Å². The third-order valence-corrected chi connectivity index (χ3v) is 5.27. The molecule has 144 valence electrons. The minimum Gasteiger partial charge on any atom is -0.379 e. The molecule has 0 saturated carbocycles. The summed E-state index contributed by atoms with van der Waals surface area (Å²) in [7, 11) is 0. The SMILES string of the molecule is O=c1c(-c2ccccc2Cl)cc(-c2ccccc2)nn1CCN1CCOCC1. The molecule has 0 N–H and O–H groups in total. The van der Waals surface area contributed by atoms with Gasteiger partial charge in [0.25, 0.3) is 5.56 Å². The average molecular weight is 396 g/mol. The lowest BCUT2D eigenvalue weighted by Crippen LogP contribution is -2.39. The molecule has 6 heteroatoms. The Morgan fingerprint density at radius 2 is 1.64 bits per heavy atom. The van der Waals surface area contributed by atoms with Crippen molar-refractivity contribution in [2.75, 3.05) is 32.8 Å². The first-order valence-electron chi connectivity index (χ1n) is 9.45. The van der Waals surface area contributed by atoms with E-state index >= 15 is 0 Å². The predicted octanol–water partition coefficient (Wildman–Crippen LogP) is 3.56. The molecule has 0 aliphatic carbocycles. The summed E-state index contributed by atoms with van der Waals surface area (Å²) < 4.78 is 6.97. The molecule has 4 rings (SSSR count). The van der Waals surface area contributed by atoms with Gasteiger partial charge in [-0.25, -0.2) is 4.68 Å². The van der Waals surface area contributed by atoms with Gasteiger partial charge in [-0.1, -0.05) is 60.1 Å². The molecule has 1 aromatic heterocycles. The van der Waals surface area contributed by atoms with Crippen molar-refractivity contribution >= 4 is 11.6 Å². The fraction of sp³-hybridized carbons (Fsp3) is 0.273. The molecule has 0 bridgehead atoms. The number of halogens is 1. The van der Waals surface area contributed by atoms with Gasteiger partial charge in [-0.3, -0.25) is 9.69 Å². The van der Waals surface area contributed by atoms with E-state index in [0.717, 1.165) is 49.7 Å². The third kappa shape index (κ3) is 4.17. The Bertz CT molecular complexity index is 998. The fourth-order valence-electron chi connectivity index (χ4n) is 3.38. The van der Waals surface area contributed by atoms with Crippen LogP contribution in [-0.4, -0.2) is 47.5 Å². The number of nitrogens with zero attached hydrogens (tertiary/aromatic N) is 3. The molecular weight excluding hydrogens is 374 g/mol. The molecule has 5 nitrogen and oxygen atoms in total. The summed E-state index contributed by atoms with van der Waals surface area (Å²) in [5, 5.41) is 5.21. The highest BCUT2D eigenvalue weighted by molar-refractivity contribution is 6.33. The van der Waals surface area contributed by atoms with Crippen LogP contribution in [0.1, 0.15) is 0 Å². The van der Waals surface area contributed by atoms with Crippen LogP contribution in [0.5, 0.6) is 0 Å². The Balaban J connectivity index is 1.75. The van der Waals surface area contributed by atoms with Crippen LogP contribution in [0.3, 0.4) is 0 Å². The van der Waals surface area contributed by atoms with Crippen LogP contribution in [0.25, 0.3) is 22.4 Å². The van der Waals surface area contributed by atoms with Gasteiger partial charge in [0.1, 0.15) is 0 Å². The van der Waals surface area contributed by atoms with Crippen molar-refractivity contribution in [1.29, 1.82) is 0 Å². The Labute approximate surface area is 169 Å². The Hall–Kier alpha value is -2.47. The molecule has 0 unspecified atom stereocenters. The molecule has 1 fully saturated rings. The molecule has 1 saturated heterocycles. The molecule has 0 spiro atoms. The van der Waals surface area contributed by atoms with Gasteiger partial charge in [-0.15, -0.1) is 0 Å². The number of aromatic nitrogens is 2. The van der Waals surface area contributed by atoms with Crippen molar-refractivity contribution < 1.29 is 4.74 Å². The summed E-state index contributed by atoms with van der Waals surface area (Å²) in [6.45, 7) is 4.51. The minimum atomic E-state index is -0.124. The lowest BCUT2D eigenvalue weighted by molar-refractivity contribution is 0.0358. The first-order chi connectivity index (χ1) is 13.7. The van der Waals surface area contributed by atoms with Crippen molar-refractivity contribution in [3.05, 3.63) is 76.0 Å². The molecule has 2 heterocycles. The van der Waals surface area contributed by atoms with Gasteiger partial charge in [-0.05, 0) is 12.1 Å². The van der Waals surface area contributed by atoms with Crippen LogP contribution in [0, 0.1) is 0 Å². The number of morpholine rings is 1. The van der Waals surface area contributed by atoms with Crippen molar-refractivity contribution in [3.63, 3.8) is 0 Å². The normalized spacial score (nSPS) is 14.9. The van der Waals surface area contributed by atoms with E-state index in [2.05, 4.69) is 10.00 Å². The quantitative estimate of drug-likeness (QED) is 0.662. The largest absolute Gasteiger partial charge is 0.379 e. The molecule has 1 aliphatic rings. The number of benzene rings is 2. The van der Waals surface area contributed by atoms with Crippen LogP contribution >= 0.6 is 11.6 Å². The smallest absolute Gasteiger partial charge is 0.274 e. The summed E-state index contributed by atoms with van der Waals surface area (Å²) in [5.41, 5.74) is 2.91. The van der Waals surface area contributed by atoms with Crippen molar-refractivity contribution in [2.24, 2.45) is 0 Å². The van der Waals surface area contributed by atoms with Crippen molar-refractivity contribution in [3.8, 4) is 22.4 Å². The topological polar surface area (TPSA) is 47.4 Å². The van der Waals surface area contributed by atoms with Crippen LogP contribution < -0.4 is 5.56 Å². The second-order valence-corrected chi connectivity index (χ2v) is 7.18. The van der Waals surface area contributed by atoms with E-state index in [1.165, 1.54) is 0 Å². The molecule has 3 aromatic rings. The third-order valence-electron chi connectivity index (χ3n) is 4.94. The van der Waals surface area contributed by atoms with E-state index in [1.54, 1.807) is 10.7 Å². The Morgan fingerprint density at radius 3 is 2.39 bits per heavy atom. The molecular formula is C22H22ClN3O2. The summed E-state index contributed by atoms with van der Waals surface area (Å²) in [6, 6.07) is 19.2.